The summed E-state index contributed by atoms with van der Waals surface area (Å²) < 4.78 is 11.5. The molecule has 2 N–H and O–H groups in total. The maximum absolute atomic E-state index is 12.8. The van der Waals surface area contributed by atoms with Crippen molar-refractivity contribution in [3.8, 4) is 11.1 Å². The molecule has 7 nitrogen and oxygen atoms in total. The molecule has 4 rings (SSSR count). The zero-order valence-corrected chi connectivity index (χ0v) is 19.6. The molecule has 176 valence electrons. The molecule has 0 saturated carbocycles. The third-order valence-electron chi connectivity index (χ3n) is 6.56. The molecule has 7 heteroatoms. The van der Waals surface area contributed by atoms with Crippen molar-refractivity contribution in [2.45, 2.75) is 46.6 Å². The van der Waals surface area contributed by atoms with Gasteiger partial charge in [-0.1, -0.05) is 50.6 Å². The number of aryl methyl sites for hydroxylation is 2. The highest BCUT2D eigenvalue weighted by Crippen LogP contribution is 2.37. The van der Waals surface area contributed by atoms with Crippen LogP contribution in [0.15, 0.2) is 56.3 Å². The number of fused-ring (bicyclic) bond motifs is 2. The van der Waals surface area contributed by atoms with E-state index in [1.807, 2.05) is 50.2 Å². The molecular formula is C27H27NO6. The lowest BCUT2D eigenvalue weighted by molar-refractivity contribution is -0.143. The summed E-state index contributed by atoms with van der Waals surface area (Å²) in [5.74, 6) is -1.88. The Balaban J connectivity index is 1.79. The van der Waals surface area contributed by atoms with Gasteiger partial charge in [0.15, 0.2) is 0 Å². The van der Waals surface area contributed by atoms with E-state index in [4.69, 9.17) is 8.83 Å². The van der Waals surface area contributed by atoms with Crippen molar-refractivity contribution in [3.63, 3.8) is 0 Å². The number of carboxylic acids is 1. The first-order chi connectivity index (χ1) is 16.2. The fourth-order valence-corrected chi connectivity index (χ4v) is 4.31. The molecule has 0 radical (unpaired) electrons. The van der Waals surface area contributed by atoms with Gasteiger partial charge >= 0.3 is 11.6 Å². The average molecular weight is 462 g/mol. The minimum absolute atomic E-state index is 0.210. The molecule has 2 aromatic carbocycles. The highest BCUT2D eigenvalue weighted by atomic mass is 16.4. The van der Waals surface area contributed by atoms with Crippen LogP contribution in [0.3, 0.4) is 0 Å². The number of aliphatic carboxylic acids is 1. The summed E-state index contributed by atoms with van der Waals surface area (Å²) in [6.07, 6.45) is 2.02. The van der Waals surface area contributed by atoms with Crippen molar-refractivity contribution in [2.24, 2.45) is 5.92 Å². The van der Waals surface area contributed by atoms with Crippen molar-refractivity contribution >= 4 is 33.8 Å². The molecule has 0 fully saturated rings. The first-order valence-corrected chi connectivity index (χ1v) is 11.3. The Labute approximate surface area is 196 Å². The van der Waals surface area contributed by atoms with E-state index in [1.54, 1.807) is 20.1 Å². The van der Waals surface area contributed by atoms with Gasteiger partial charge in [0.1, 0.15) is 17.2 Å². The second-order valence-electron chi connectivity index (χ2n) is 8.71. The van der Waals surface area contributed by atoms with Crippen LogP contribution in [-0.2, 0) is 16.0 Å². The minimum atomic E-state index is -1.10. The molecule has 0 spiro atoms. The molecule has 0 bridgehead atoms. The van der Waals surface area contributed by atoms with Gasteiger partial charge in [-0.15, -0.1) is 0 Å². The molecule has 2 aromatic heterocycles. The van der Waals surface area contributed by atoms with Gasteiger partial charge in [0, 0.05) is 21.9 Å². The number of carbonyl (C=O) groups is 2. The Morgan fingerprint density at radius 2 is 1.76 bits per heavy atom. The molecule has 34 heavy (non-hydrogen) atoms. The summed E-state index contributed by atoms with van der Waals surface area (Å²) in [7, 11) is 0. The molecule has 2 heterocycles. The quantitative estimate of drug-likeness (QED) is 0.376. The van der Waals surface area contributed by atoms with Crippen LogP contribution < -0.4 is 10.9 Å². The normalized spacial score (nSPS) is 13.2. The minimum Gasteiger partial charge on any atom is -0.480 e. The summed E-state index contributed by atoms with van der Waals surface area (Å²) >= 11 is 0. The van der Waals surface area contributed by atoms with Gasteiger partial charge < -0.3 is 19.3 Å². The summed E-state index contributed by atoms with van der Waals surface area (Å²) in [5, 5.41) is 13.6. The monoisotopic (exact) mass is 461 g/mol. The van der Waals surface area contributed by atoms with Gasteiger partial charge in [0.05, 0.1) is 18.2 Å². The highest BCUT2D eigenvalue weighted by molar-refractivity contribution is 6.05. The third kappa shape index (κ3) is 4.09. The third-order valence-corrected chi connectivity index (χ3v) is 6.56. The summed E-state index contributed by atoms with van der Waals surface area (Å²) in [6, 6.07) is 10.7. The SMILES string of the molecule is CCC(C)C(NC(=O)Cc1c(C)c2cc3c(-c4ccccc4)coc3c(C)c2oc1=O)C(=O)O. The maximum Gasteiger partial charge on any atom is 0.340 e. The Morgan fingerprint density at radius 1 is 1.06 bits per heavy atom. The van der Waals surface area contributed by atoms with E-state index in [2.05, 4.69) is 5.32 Å². The van der Waals surface area contributed by atoms with Crippen molar-refractivity contribution in [2.75, 3.05) is 0 Å². The highest BCUT2D eigenvalue weighted by Gasteiger charge is 2.26. The average Bonchev–Trinajstić information content (AvgIpc) is 3.25. The number of rotatable bonds is 7. The van der Waals surface area contributed by atoms with Crippen LogP contribution >= 0.6 is 0 Å². The first kappa shape index (κ1) is 23.3. The maximum atomic E-state index is 12.8. The number of nitrogens with one attached hydrogen (secondary N) is 1. The number of carboxylic acid groups (broad SMARTS) is 1. The zero-order chi connectivity index (χ0) is 24.6. The standard InChI is InChI=1S/C27H27NO6/c1-5-14(2)23(26(30)31)28-22(29)12-19-15(3)18-11-20-21(17-9-7-6-8-10-17)13-33-24(20)16(4)25(18)34-27(19)32/h6-11,13-14,23H,5,12H2,1-4H3,(H,28,29)(H,30,31). The first-order valence-electron chi connectivity index (χ1n) is 11.3. The van der Waals surface area contributed by atoms with Crippen LogP contribution in [0.25, 0.3) is 33.1 Å². The number of furan rings is 1. The predicted molar refractivity (Wildman–Crippen MR) is 130 cm³/mol. The lowest BCUT2D eigenvalue weighted by Crippen LogP contribution is -2.45. The molecule has 4 aromatic rings. The Hall–Kier alpha value is -3.87. The predicted octanol–water partition coefficient (Wildman–Crippen LogP) is 4.98. The molecule has 2 atom stereocenters. The number of hydrogen-bond donors (Lipinski definition) is 2. The van der Waals surface area contributed by atoms with Crippen molar-refractivity contribution < 1.29 is 23.5 Å². The van der Waals surface area contributed by atoms with Crippen LogP contribution in [-0.4, -0.2) is 23.0 Å². The second-order valence-corrected chi connectivity index (χ2v) is 8.71. The van der Waals surface area contributed by atoms with Crippen LogP contribution in [0.1, 0.15) is 37.0 Å². The van der Waals surface area contributed by atoms with Crippen molar-refractivity contribution in [3.05, 3.63) is 69.8 Å². The lowest BCUT2D eigenvalue weighted by atomic mass is 9.96. The molecule has 0 aliphatic rings. The summed E-state index contributed by atoms with van der Waals surface area (Å²) in [5.41, 5.74) is 3.89. The number of hydrogen-bond acceptors (Lipinski definition) is 5. The van der Waals surface area contributed by atoms with Crippen LogP contribution in [0.4, 0.5) is 0 Å². The smallest absolute Gasteiger partial charge is 0.340 e. The van der Waals surface area contributed by atoms with Gasteiger partial charge in [0.2, 0.25) is 5.91 Å². The number of amides is 1. The zero-order valence-electron chi connectivity index (χ0n) is 19.6. The van der Waals surface area contributed by atoms with Gasteiger partial charge in [-0.3, -0.25) is 4.79 Å². The molecule has 2 unspecified atom stereocenters. The van der Waals surface area contributed by atoms with Gasteiger partial charge in [-0.05, 0) is 37.0 Å². The Morgan fingerprint density at radius 3 is 2.41 bits per heavy atom. The largest absolute Gasteiger partial charge is 0.480 e. The lowest BCUT2D eigenvalue weighted by Gasteiger charge is -2.20. The number of carbonyl (C=O) groups excluding carboxylic acids is 1. The molecule has 0 aliphatic heterocycles. The molecule has 0 aliphatic carbocycles. The van der Waals surface area contributed by atoms with Gasteiger partial charge in [0.25, 0.3) is 0 Å². The fourth-order valence-electron chi connectivity index (χ4n) is 4.31. The van der Waals surface area contributed by atoms with E-state index >= 15 is 0 Å². The van der Waals surface area contributed by atoms with E-state index in [1.165, 1.54) is 0 Å². The summed E-state index contributed by atoms with van der Waals surface area (Å²) in [4.78, 5) is 37.1. The van der Waals surface area contributed by atoms with Crippen molar-refractivity contribution in [1.82, 2.24) is 5.32 Å². The van der Waals surface area contributed by atoms with Gasteiger partial charge in [-0.25, -0.2) is 9.59 Å². The van der Waals surface area contributed by atoms with Gasteiger partial charge in [-0.2, -0.15) is 0 Å². The van der Waals surface area contributed by atoms with Crippen molar-refractivity contribution in [1.29, 1.82) is 0 Å². The fraction of sp³-hybridized carbons (Fsp3) is 0.296. The van der Waals surface area contributed by atoms with E-state index < -0.39 is 23.5 Å². The topological polar surface area (TPSA) is 110 Å². The van der Waals surface area contributed by atoms with E-state index in [-0.39, 0.29) is 17.9 Å². The molecule has 0 saturated heterocycles. The van der Waals surface area contributed by atoms with E-state index in [0.29, 0.717) is 34.1 Å². The van der Waals surface area contributed by atoms with E-state index in [9.17, 15) is 19.5 Å². The Kier molecular flexibility index (Phi) is 6.28. The second kappa shape index (κ2) is 9.17. The molecular weight excluding hydrogens is 434 g/mol. The van der Waals surface area contributed by atoms with Crippen LogP contribution in [0.2, 0.25) is 0 Å². The number of benzene rings is 2. The van der Waals surface area contributed by atoms with E-state index in [0.717, 1.165) is 16.5 Å². The summed E-state index contributed by atoms with van der Waals surface area (Å²) in [6.45, 7) is 7.23. The van der Waals surface area contributed by atoms with Crippen LogP contribution in [0, 0.1) is 19.8 Å². The van der Waals surface area contributed by atoms with Crippen LogP contribution in [0.5, 0.6) is 0 Å². The molecule has 1 amide bonds. The Bertz CT molecular complexity index is 1450.